The monoisotopic (exact) mass is 453 g/mol. The largest absolute Gasteiger partial charge is 0.469 e. The molecule has 1 aliphatic heterocycles. The molecule has 0 saturated heterocycles. The summed E-state index contributed by atoms with van der Waals surface area (Å²) in [5.41, 5.74) is 4.10. The summed E-state index contributed by atoms with van der Waals surface area (Å²) in [7, 11) is 0. The molecule has 0 saturated carbocycles. The number of furan rings is 1. The number of nitrogens with zero attached hydrogens (tertiary/aromatic N) is 3. The van der Waals surface area contributed by atoms with Crippen molar-refractivity contribution in [1.29, 1.82) is 0 Å². The smallest absolute Gasteiger partial charge is 0.192 e. The van der Waals surface area contributed by atoms with Crippen LogP contribution < -0.4 is 4.74 Å². The van der Waals surface area contributed by atoms with Gasteiger partial charge in [-0.3, -0.25) is 4.57 Å². The first-order chi connectivity index (χ1) is 15.2. The van der Waals surface area contributed by atoms with E-state index in [-0.39, 0.29) is 6.79 Å². The Kier molecular flexibility index (Phi) is 5.72. The summed E-state index contributed by atoms with van der Waals surface area (Å²) in [6.07, 6.45) is 1.68. The third-order valence-corrected chi connectivity index (χ3v) is 6.34. The SMILES string of the molecule is Cc1occc1-c1nnc(SCc2cc(Cl)cc3c2OCOC3)n1Cc1ccccc1. The van der Waals surface area contributed by atoms with Crippen molar-refractivity contribution in [3.05, 3.63) is 82.3 Å². The van der Waals surface area contributed by atoms with Gasteiger partial charge in [-0.25, -0.2) is 0 Å². The number of aryl methyl sites for hydroxylation is 1. The summed E-state index contributed by atoms with van der Waals surface area (Å²) in [4.78, 5) is 0. The first-order valence-corrected chi connectivity index (χ1v) is 11.2. The highest BCUT2D eigenvalue weighted by molar-refractivity contribution is 7.98. The molecule has 31 heavy (non-hydrogen) atoms. The van der Waals surface area contributed by atoms with Crippen molar-refractivity contribution >= 4 is 23.4 Å². The molecule has 0 fully saturated rings. The molecule has 0 amide bonds. The van der Waals surface area contributed by atoms with Crippen molar-refractivity contribution in [2.45, 2.75) is 31.0 Å². The Morgan fingerprint density at radius 1 is 1.13 bits per heavy atom. The number of benzene rings is 2. The summed E-state index contributed by atoms with van der Waals surface area (Å²) in [5.74, 6) is 3.11. The Morgan fingerprint density at radius 3 is 2.81 bits per heavy atom. The average Bonchev–Trinajstić information content (AvgIpc) is 3.38. The third kappa shape index (κ3) is 4.21. The lowest BCUT2D eigenvalue weighted by molar-refractivity contribution is -0.0168. The van der Waals surface area contributed by atoms with E-state index in [1.54, 1.807) is 18.0 Å². The molecule has 0 unspecified atom stereocenters. The quantitative estimate of drug-likeness (QED) is 0.348. The fourth-order valence-corrected chi connectivity index (χ4v) is 4.79. The van der Waals surface area contributed by atoms with Crippen LogP contribution in [0, 0.1) is 6.92 Å². The molecule has 4 aromatic rings. The van der Waals surface area contributed by atoms with Crippen LogP contribution in [0.2, 0.25) is 5.02 Å². The summed E-state index contributed by atoms with van der Waals surface area (Å²) in [5, 5.41) is 10.5. The zero-order valence-electron chi connectivity index (χ0n) is 16.9. The van der Waals surface area contributed by atoms with Gasteiger partial charge in [-0.05, 0) is 30.7 Å². The highest BCUT2D eigenvalue weighted by atomic mass is 35.5. The predicted molar refractivity (Wildman–Crippen MR) is 119 cm³/mol. The van der Waals surface area contributed by atoms with E-state index in [4.69, 9.17) is 25.5 Å². The van der Waals surface area contributed by atoms with Gasteiger partial charge in [0.05, 0.1) is 25.0 Å². The minimum atomic E-state index is 0.250. The van der Waals surface area contributed by atoms with Crippen LogP contribution in [0.4, 0.5) is 0 Å². The van der Waals surface area contributed by atoms with Crippen LogP contribution in [0.5, 0.6) is 5.75 Å². The van der Waals surface area contributed by atoms with Crippen molar-refractivity contribution in [3.8, 4) is 17.1 Å². The Morgan fingerprint density at radius 2 is 2.00 bits per heavy atom. The van der Waals surface area contributed by atoms with Gasteiger partial charge in [-0.2, -0.15) is 0 Å². The van der Waals surface area contributed by atoms with E-state index in [9.17, 15) is 0 Å². The number of rotatable bonds is 6. The normalized spacial score (nSPS) is 13.1. The van der Waals surface area contributed by atoms with Gasteiger partial charge in [0.1, 0.15) is 11.5 Å². The standard InChI is InChI=1S/C23H20ClN3O3S/c1-15-20(7-8-29-15)22-25-26-23(27(22)11-16-5-3-2-4-6-16)31-13-18-10-19(24)9-17-12-28-14-30-21(17)18/h2-10H,11-14H2,1H3. The molecule has 2 aromatic carbocycles. The fraction of sp³-hybridized carbons (Fsp3) is 0.217. The van der Waals surface area contributed by atoms with Gasteiger partial charge in [0.2, 0.25) is 0 Å². The van der Waals surface area contributed by atoms with Crippen LogP contribution in [-0.4, -0.2) is 21.6 Å². The number of thioether (sulfide) groups is 1. The Hall–Kier alpha value is -2.74. The van der Waals surface area contributed by atoms with Crippen molar-refractivity contribution < 1.29 is 13.9 Å². The molecule has 0 spiro atoms. The number of ether oxygens (including phenoxy) is 2. The molecule has 0 N–H and O–H groups in total. The van der Waals surface area contributed by atoms with Crippen LogP contribution in [0.25, 0.3) is 11.4 Å². The molecule has 5 rings (SSSR count). The van der Waals surface area contributed by atoms with E-state index in [0.717, 1.165) is 39.2 Å². The molecule has 0 radical (unpaired) electrons. The second-order valence-electron chi connectivity index (χ2n) is 7.22. The minimum absolute atomic E-state index is 0.250. The van der Waals surface area contributed by atoms with Crippen molar-refractivity contribution in [2.24, 2.45) is 0 Å². The lowest BCUT2D eigenvalue weighted by Crippen LogP contribution is -2.13. The van der Waals surface area contributed by atoms with Crippen molar-refractivity contribution in [3.63, 3.8) is 0 Å². The van der Waals surface area contributed by atoms with Crippen molar-refractivity contribution in [1.82, 2.24) is 14.8 Å². The molecule has 6 nitrogen and oxygen atoms in total. The number of hydrogen-bond donors (Lipinski definition) is 0. The molecular formula is C23H20ClN3O3S. The Bertz CT molecular complexity index is 1210. The van der Waals surface area contributed by atoms with Gasteiger partial charge in [0, 0.05) is 21.9 Å². The van der Waals surface area contributed by atoms with E-state index in [0.29, 0.717) is 23.9 Å². The number of aromatic nitrogens is 3. The van der Waals surface area contributed by atoms with Crippen molar-refractivity contribution in [2.75, 3.05) is 6.79 Å². The predicted octanol–water partition coefficient (Wildman–Crippen LogP) is 5.71. The minimum Gasteiger partial charge on any atom is -0.469 e. The molecule has 0 aliphatic carbocycles. The maximum absolute atomic E-state index is 6.33. The van der Waals surface area contributed by atoms with Crippen LogP contribution in [0.15, 0.2) is 64.4 Å². The first kappa shape index (κ1) is 20.2. The lowest BCUT2D eigenvalue weighted by Gasteiger charge is -2.21. The lowest BCUT2D eigenvalue weighted by atomic mass is 10.1. The van der Waals surface area contributed by atoms with Crippen LogP contribution >= 0.6 is 23.4 Å². The maximum Gasteiger partial charge on any atom is 0.192 e. The molecule has 158 valence electrons. The van der Waals surface area contributed by atoms with Gasteiger partial charge in [-0.15, -0.1) is 10.2 Å². The zero-order valence-corrected chi connectivity index (χ0v) is 18.4. The molecule has 0 bridgehead atoms. The van der Waals surface area contributed by atoms with Gasteiger partial charge in [0.25, 0.3) is 0 Å². The van der Waals surface area contributed by atoms with Gasteiger partial charge in [0.15, 0.2) is 17.8 Å². The van der Waals surface area contributed by atoms with Gasteiger partial charge in [-0.1, -0.05) is 53.7 Å². The maximum atomic E-state index is 6.33. The first-order valence-electron chi connectivity index (χ1n) is 9.85. The Balaban J connectivity index is 1.48. The molecule has 3 heterocycles. The third-order valence-electron chi connectivity index (χ3n) is 5.11. The summed E-state index contributed by atoms with van der Waals surface area (Å²) < 4.78 is 18.8. The summed E-state index contributed by atoms with van der Waals surface area (Å²) in [6, 6.07) is 16.0. The number of fused-ring (bicyclic) bond motifs is 1. The highest BCUT2D eigenvalue weighted by Gasteiger charge is 2.20. The van der Waals surface area contributed by atoms with Gasteiger partial charge < -0.3 is 13.9 Å². The van der Waals surface area contributed by atoms with Crippen LogP contribution in [0.1, 0.15) is 22.5 Å². The van der Waals surface area contributed by atoms with E-state index < -0.39 is 0 Å². The topological polar surface area (TPSA) is 62.3 Å². The fourth-order valence-electron chi connectivity index (χ4n) is 3.63. The van der Waals surface area contributed by atoms with E-state index in [2.05, 4.69) is 26.9 Å². The summed E-state index contributed by atoms with van der Waals surface area (Å²) >= 11 is 7.93. The second kappa shape index (κ2) is 8.78. The average molecular weight is 454 g/mol. The van der Waals surface area contributed by atoms with Crippen LogP contribution in [0.3, 0.4) is 0 Å². The molecular weight excluding hydrogens is 434 g/mol. The zero-order chi connectivity index (χ0) is 21.2. The molecule has 8 heteroatoms. The summed E-state index contributed by atoms with van der Waals surface area (Å²) in [6.45, 7) is 3.34. The van der Waals surface area contributed by atoms with E-state index >= 15 is 0 Å². The number of halogens is 1. The van der Waals surface area contributed by atoms with E-state index in [1.165, 1.54) is 5.56 Å². The highest BCUT2D eigenvalue weighted by Crippen LogP contribution is 2.36. The second-order valence-corrected chi connectivity index (χ2v) is 8.60. The van der Waals surface area contributed by atoms with E-state index in [1.807, 2.05) is 43.3 Å². The number of hydrogen-bond acceptors (Lipinski definition) is 6. The molecule has 1 aliphatic rings. The molecule has 2 aromatic heterocycles. The molecule has 0 atom stereocenters. The van der Waals surface area contributed by atoms with Crippen LogP contribution in [-0.2, 0) is 23.6 Å². The van der Waals surface area contributed by atoms with Gasteiger partial charge >= 0.3 is 0 Å². The Labute approximate surface area is 189 Å².